The zero-order valence-electron chi connectivity index (χ0n) is 14.8. The van der Waals surface area contributed by atoms with Gasteiger partial charge in [0.2, 0.25) is 0 Å². The number of aliphatic hydroxyl groups is 1. The summed E-state index contributed by atoms with van der Waals surface area (Å²) in [5.74, 6) is 0.537. The van der Waals surface area contributed by atoms with Gasteiger partial charge in [-0.05, 0) is 49.1 Å². The zero-order valence-corrected chi connectivity index (χ0v) is 15.6. The standard InChI is InChI=1S/C17H29N3O3S/c1-4-18-16(19-10-7-5-6-8-15(21)23-3)20-13-17(2,22)14-9-11-24-12-14/h9,11-12,22H,4-8,10,13H2,1-3H3,(H2,18,19,20). The summed E-state index contributed by atoms with van der Waals surface area (Å²) in [4.78, 5) is 15.5. The summed E-state index contributed by atoms with van der Waals surface area (Å²) in [5, 5.41) is 20.8. The molecular formula is C17H29N3O3S. The maximum atomic E-state index is 11.0. The number of ether oxygens (including phenoxy) is 1. The van der Waals surface area contributed by atoms with E-state index in [4.69, 9.17) is 0 Å². The van der Waals surface area contributed by atoms with E-state index in [1.165, 1.54) is 7.11 Å². The lowest BCUT2D eigenvalue weighted by Gasteiger charge is -2.21. The van der Waals surface area contributed by atoms with E-state index in [9.17, 15) is 9.90 Å². The van der Waals surface area contributed by atoms with Gasteiger partial charge < -0.3 is 20.5 Å². The molecule has 0 aliphatic rings. The predicted octanol–water partition coefficient (Wildman–Crippen LogP) is 2.24. The van der Waals surface area contributed by atoms with Crippen molar-refractivity contribution in [3.05, 3.63) is 22.4 Å². The Labute approximate surface area is 148 Å². The van der Waals surface area contributed by atoms with Gasteiger partial charge in [-0.3, -0.25) is 4.79 Å². The highest BCUT2D eigenvalue weighted by atomic mass is 32.1. The van der Waals surface area contributed by atoms with Gasteiger partial charge in [-0.2, -0.15) is 11.3 Å². The van der Waals surface area contributed by atoms with Crippen molar-refractivity contribution in [2.75, 3.05) is 26.7 Å². The van der Waals surface area contributed by atoms with Crippen molar-refractivity contribution in [1.82, 2.24) is 10.6 Å². The van der Waals surface area contributed by atoms with Crippen LogP contribution in [0.4, 0.5) is 0 Å². The number of rotatable bonds is 10. The van der Waals surface area contributed by atoms with Crippen LogP contribution < -0.4 is 10.6 Å². The molecule has 0 saturated heterocycles. The van der Waals surface area contributed by atoms with E-state index in [1.54, 1.807) is 18.3 Å². The Balaban J connectivity index is 2.36. The Kier molecular flexibility index (Phi) is 9.41. The molecule has 0 fully saturated rings. The summed E-state index contributed by atoms with van der Waals surface area (Å²) in [6.45, 7) is 5.60. The number of thiophene rings is 1. The van der Waals surface area contributed by atoms with Crippen LogP contribution >= 0.6 is 11.3 Å². The van der Waals surface area contributed by atoms with Crippen molar-refractivity contribution < 1.29 is 14.6 Å². The second-order valence-corrected chi connectivity index (χ2v) is 6.57. The average Bonchev–Trinajstić information content (AvgIpc) is 3.10. The van der Waals surface area contributed by atoms with Crippen LogP contribution in [0.3, 0.4) is 0 Å². The second kappa shape index (κ2) is 11.0. The fraction of sp³-hybridized carbons (Fsp3) is 0.647. The molecule has 0 saturated carbocycles. The third-order valence-corrected chi connectivity index (χ3v) is 4.29. The van der Waals surface area contributed by atoms with Crippen molar-refractivity contribution in [2.24, 2.45) is 4.99 Å². The summed E-state index contributed by atoms with van der Waals surface area (Å²) < 4.78 is 4.61. The molecule has 1 aromatic heterocycles. The summed E-state index contributed by atoms with van der Waals surface area (Å²) in [6, 6.07) is 1.92. The van der Waals surface area contributed by atoms with Crippen molar-refractivity contribution in [3.8, 4) is 0 Å². The first-order valence-corrected chi connectivity index (χ1v) is 9.28. The van der Waals surface area contributed by atoms with E-state index in [-0.39, 0.29) is 5.97 Å². The topological polar surface area (TPSA) is 83.0 Å². The van der Waals surface area contributed by atoms with E-state index in [0.717, 1.165) is 37.9 Å². The summed E-state index contributed by atoms with van der Waals surface area (Å²) in [5.41, 5.74) is -0.0852. The number of guanidine groups is 1. The van der Waals surface area contributed by atoms with Crippen LogP contribution in [0.25, 0.3) is 0 Å². The number of carbonyl (C=O) groups excluding carboxylic acids is 1. The third-order valence-electron chi connectivity index (χ3n) is 3.61. The number of methoxy groups -OCH3 is 1. The van der Waals surface area contributed by atoms with Crippen LogP contribution in [0.15, 0.2) is 21.8 Å². The number of nitrogens with zero attached hydrogens (tertiary/aromatic N) is 1. The molecule has 24 heavy (non-hydrogen) atoms. The average molecular weight is 356 g/mol. The lowest BCUT2D eigenvalue weighted by Crippen LogP contribution is -2.39. The maximum Gasteiger partial charge on any atom is 0.305 e. The van der Waals surface area contributed by atoms with E-state index in [0.29, 0.717) is 18.9 Å². The Morgan fingerprint density at radius 2 is 2.17 bits per heavy atom. The normalized spacial score (nSPS) is 14.1. The lowest BCUT2D eigenvalue weighted by atomic mass is 10.00. The van der Waals surface area contributed by atoms with Gasteiger partial charge in [0.25, 0.3) is 0 Å². The number of nitrogens with one attached hydrogen (secondary N) is 2. The molecule has 0 spiro atoms. The molecule has 1 aromatic rings. The minimum Gasteiger partial charge on any atom is -0.469 e. The van der Waals surface area contributed by atoms with E-state index < -0.39 is 5.60 Å². The first-order valence-electron chi connectivity index (χ1n) is 8.33. The SMILES string of the molecule is CCNC(=NCC(C)(O)c1ccsc1)NCCCCCC(=O)OC. The largest absolute Gasteiger partial charge is 0.469 e. The molecule has 0 radical (unpaired) electrons. The number of carbonyl (C=O) groups is 1. The van der Waals surface area contributed by atoms with Crippen molar-refractivity contribution in [2.45, 2.75) is 45.1 Å². The molecule has 7 heteroatoms. The van der Waals surface area contributed by atoms with Gasteiger partial charge in [0.15, 0.2) is 5.96 Å². The monoisotopic (exact) mass is 355 g/mol. The highest BCUT2D eigenvalue weighted by molar-refractivity contribution is 7.08. The van der Waals surface area contributed by atoms with Gasteiger partial charge in [0.05, 0.1) is 13.7 Å². The lowest BCUT2D eigenvalue weighted by molar-refractivity contribution is -0.140. The summed E-state index contributed by atoms with van der Waals surface area (Å²) >= 11 is 1.56. The van der Waals surface area contributed by atoms with E-state index >= 15 is 0 Å². The van der Waals surface area contributed by atoms with Crippen LogP contribution in [0.1, 0.15) is 45.1 Å². The smallest absolute Gasteiger partial charge is 0.305 e. The van der Waals surface area contributed by atoms with Crippen LogP contribution in [0, 0.1) is 0 Å². The first-order chi connectivity index (χ1) is 11.5. The second-order valence-electron chi connectivity index (χ2n) is 5.79. The minimum absolute atomic E-state index is 0.159. The molecule has 0 aromatic carbocycles. The molecule has 1 atom stereocenters. The van der Waals surface area contributed by atoms with Crippen LogP contribution in [0.2, 0.25) is 0 Å². The molecular weight excluding hydrogens is 326 g/mol. The van der Waals surface area contributed by atoms with Crippen LogP contribution in [0.5, 0.6) is 0 Å². The molecule has 0 amide bonds. The van der Waals surface area contributed by atoms with E-state index in [1.807, 2.05) is 23.8 Å². The number of aliphatic imine (C=N–C) groups is 1. The van der Waals surface area contributed by atoms with Gasteiger partial charge in [0, 0.05) is 19.5 Å². The number of esters is 1. The first kappa shape index (κ1) is 20.4. The molecule has 1 unspecified atom stereocenters. The van der Waals surface area contributed by atoms with Crippen LogP contribution in [-0.4, -0.2) is 43.8 Å². The van der Waals surface area contributed by atoms with Gasteiger partial charge in [-0.25, -0.2) is 4.99 Å². The Bertz CT molecular complexity index is 501. The van der Waals surface area contributed by atoms with E-state index in [2.05, 4.69) is 20.4 Å². The number of hydrogen-bond acceptors (Lipinski definition) is 5. The third kappa shape index (κ3) is 7.79. The highest BCUT2D eigenvalue weighted by Gasteiger charge is 2.23. The Hall–Kier alpha value is -1.60. The van der Waals surface area contributed by atoms with Crippen LogP contribution in [-0.2, 0) is 15.1 Å². The zero-order chi connectivity index (χ0) is 17.8. The fourth-order valence-electron chi connectivity index (χ4n) is 2.12. The molecule has 1 rings (SSSR count). The molecule has 136 valence electrons. The van der Waals surface area contributed by atoms with Gasteiger partial charge in [-0.15, -0.1) is 0 Å². The van der Waals surface area contributed by atoms with Crippen molar-refractivity contribution >= 4 is 23.3 Å². The Morgan fingerprint density at radius 1 is 1.38 bits per heavy atom. The fourth-order valence-corrected chi connectivity index (χ4v) is 2.90. The summed E-state index contributed by atoms with van der Waals surface area (Å²) in [7, 11) is 1.41. The molecule has 3 N–H and O–H groups in total. The predicted molar refractivity (Wildman–Crippen MR) is 98.4 cm³/mol. The van der Waals surface area contributed by atoms with Gasteiger partial charge >= 0.3 is 5.97 Å². The number of unbranched alkanes of at least 4 members (excludes halogenated alkanes) is 2. The maximum absolute atomic E-state index is 11.0. The molecule has 0 aliphatic carbocycles. The molecule has 1 heterocycles. The highest BCUT2D eigenvalue weighted by Crippen LogP contribution is 2.23. The quantitative estimate of drug-likeness (QED) is 0.259. The Morgan fingerprint density at radius 3 is 2.79 bits per heavy atom. The minimum atomic E-state index is -0.969. The molecule has 0 bridgehead atoms. The van der Waals surface area contributed by atoms with Gasteiger partial charge in [0.1, 0.15) is 5.60 Å². The molecule has 0 aliphatic heterocycles. The number of hydrogen-bond donors (Lipinski definition) is 3. The van der Waals surface area contributed by atoms with Crippen molar-refractivity contribution in [1.29, 1.82) is 0 Å². The van der Waals surface area contributed by atoms with Crippen molar-refractivity contribution in [3.63, 3.8) is 0 Å². The summed E-state index contributed by atoms with van der Waals surface area (Å²) in [6.07, 6.45) is 3.19. The molecule has 6 nitrogen and oxygen atoms in total. The van der Waals surface area contributed by atoms with Gasteiger partial charge in [-0.1, -0.05) is 6.42 Å².